The molecule has 3 aromatic heterocycles. The zero-order valence-electron chi connectivity index (χ0n) is 22.1. The lowest BCUT2D eigenvalue weighted by molar-refractivity contribution is 0.149. The van der Waals surface area contributed by atoms with E-state index in [4.69, 9.17) is 26.1 Å². The molecule has 35 heavy (non-hydrogen) atoms. The first-order valence-electron chi connectivity index (χ1n) is 12.5. The predicted molar refractivity (Wildman–Crippen MR) is 149 cm³/mol. The fourth-order valence-electron chi connectivity index (χ4n) is 4.04. The van der Waals surface area contributed by atoms with E-state index in [9.17, 15) is 0 Å². The molecule has 10 heteroatoms. The van der Waals surface area contributed by atoms with Crippen LogP contribution in [-0.4, -0.2) is 77.7 Å². The average Bonchev–Trinajstić information content (AvgIpc) is 3.38. The fraction of sp³-hybridized carbons (Fsp3) is 0.640. The largest absolute Gasteiger partial charge is 0.417 e. The first-order chi connectivity index (χ1) is 16.4. The maximum Gasteiger partial charge on any atom is 0.191 e. The van der Waals surface area contributed by atoms with Gasteiger partial charge in [0, 0.05) is 68.1 Å². The molecule has 4 heterocycles. The van der Waals surface area contributed by atoms with Crippen molar-refractivity contribution in [2.45, 2.75) is 64.8 Å². The fourth-order valence-corrected chi connectivity index (χ4v) is 6.21. The van der Waals surface area contributed by atoms with Crippen molar-refractivity contribution in [1.29, 1.82) is 0 Å². The molecule has 3 aromatic rings. The molecule has 0 amide bonds. The van der Waals surface area contributed by atoms with E-state index in [-0.39, 0.29) is 11.1 Å². The highest BCUT2D eigenvalue weighted by molar-refractivity contribution is 7.15. The second-order valence-corrected chi connectivity index (χ2v) is 17.6. The molecule has 1 saturated heterocycles. The summed E-state index contributed by atoms with van der Waals surface area (Å²) in [5, 5.41) is 7.64. The van der Waals surface area contributed by atoms with E-state index in [0.29, 0.717) is 5.15 Å². The molecule has 192 valence electrons. The molecule has 1 fully saturated rings. The summed E-state index contributed by atoms with van der Waals surface area (Å²) >= 11 is 8.02. The number of fused-ring (bicyclic) bond motifs is 1. The average molecular weight is 535 g/mol. The maximum absolute atomic E-state index is 6.44. The lowest BCUT2D eigenvalue weighted by atomic mass is 10.2. The minimum Gasteiger partial charge on any atom is -0.417 e. The maximum atomic E-state index is 6.44. The van der Waals surface area contributed by atoms with Crippen LogP contribution >= 0.6 is 22.9 Å². The van der Waals surface area contributed by atoms with E-state index >= 15 is 0 Å². The highest BCUT2D eigenvalue weighted by atomic mass is 35.5. The SMILES string of the molecule is C[C@@H](CCO[Si](C)(C)C(C)(C)C)n1nc(-c2ncc(CN3CCN(C)CC3)s2)c2cnc(Cl)cc21. The van der Waals surface area contributed by atoms with E-state index in [0.717, 1.165) is 67.4 Å². The summed E-state index contributed by atoms with van der Waals surface area (Å²) < 4.78 is 8.52. The van der Waals surface area contributed by atoms with Crippen LogP contribution in [0.25, 0.3) is 21.6 Å². The van der Waals surface area contributed by atoms with E-state index in [1.165, 1.54) is 4.88 Å². The van der Waals surface area contributed by atoms with Crippen LogP contribution in [0.2, 0.25) is 23.3 Å². The van der Waals surface area contributed by atoms with E-state index in [2.05, 4.69) is 67.3 Å². The van der Waals surface area contributed by atoms with E-state index in [1.807, 2.05) is 18.5 Å². The van der Waals surface area contributed by atoms with Gasteiger partial charge in [-0.05, 0) is 38.5 Å². The Hall–Kier alpha value is -1.36. The van der Waals surface area contributed by atoms with Crippen LogP contribution in [0.1, 0.15) is 45.0 Å². The molecule has 0 unspecified atom stereocenters. The van der Waals surface area contributed by atoms with Gasteiger partial charge in [-0.25, -0.2) is 9.97 Å². The summed E-state index contributed by atoms with van der Waals surface area (Å²) in [5.74, 6) is 0. The monoisotopic (exact) mass is 534 g/mol. The Morgan fingerprint density at radius 2 is 1.86 bits per heavy atom. The van der Waals surface area contributed by atoms with Crippen LogP contribution in [0.3, 0.4) is 0 Å². The number of likely N-dealkylation sites (N-methyl/N-ethyl adjacent to an activating group) is 1. The van der Waals surface area contributed by atoms with Crippen molar-refractivity contribution in [2.75, 3.05) is 39.8 Å². The highest BCUT2D eigenvalue weighted by Gasteiger charge is 2.37. The number of thiazole rings is 1. The molecule has 0 radical (unpaired) electrons. The summed E-state index contributed by atoms with van der Waals surface area (Å²) in [6, 6.07) is 2.08. The molecular formula is C25H39ClN6OSSi. The number of hydrogen-bond acceptors (Lipinski definition) is 7. The van der Waals surface area contributed by atoms with Gasteiger partial charge >= 0.3 is 0 Å². The van der Waals surface area contributed by atoms with Crippen LogP contribution in [0.4, 0.5) is 0 Å². The molecule has 1 aliphatic rings. The third kappa shape index (κ3) is 6.14. The molecule has 7 nitrogen and oxygen atoms in total. The van der Waals surface area contributed by atoms with Crippen LogP contribution in [0.5, 0.6) is 0 Å². The standard InChI is InChI=1S/C25H39ClN6OSSi/c1-18(8-13-33-35(6,7)25(2,3)4)32-21-14-22(26)27-16-20(21)23(29-32)24-28-15-19(34-24)17-31-11-9-30(5)10-12-31/h14-16,18H,8-13,17H2,1-7H3/t18-/m0/s1. The summed E-state index contributed by atoms with van der Waals surface area (Å²) in [7, 11) is 0.407. The van der Waals surface area contributed by atoms with Crippen molar-refractivity contribution in [3.8, 4) is 10.7 Å². The normalized spacial score (nSPS) is 17.4. The summed E-state index contributed by atoms with van der Waals surface area (Å²) in [6.07, 6.45) is 4.72. The van der Waals surface area contributed by atoms with Gasteiger partial charge in [0.15, 0.2) is 8.32 Å². The Morgan fingerprint density at radius 3 is 2.54 bits per heavy atom. The number of piperazine rings is 1. The lowest BCUT2D eigenvalue weighted by Crippen LogP contribution is -2.43. The molecule has 1 atom stereocenters. The zero-order chi connectivity index (χ0) is 25.4. The molecule has 0 spiro atoms. The zero-order valence-corrected chi connectivity index (χ0v) is 24.7. The number of aromatic nitrogens is 4. The molecule has 4 rings (SSSR count). The first kappa shape index (κ1) is 26.7. The topological polar surface area (TPSA) is 59.3 Å². The Bertz CT molecular complexity index is 1150. The van der Waals surface area contributed by atoms with Gasteiger partial charge in [-0.3, -0.25) is 9.58 Å². The van der Waals surface area contributed by atoms with Crippen LogP contribution in [0.15, 0.2) is 18.5 Å². The molecule has 1 aliphatic heterocycles. The minimum atomic E-state index is -1.78. The van der Waals surface area contributed by atoms with Gasteiger partial charge in [0.05, 0.1) is 11.6 Å². The van der Waals surface area contributed by atoms with Crippen LogP contribution in [-0.2, 0) is 11.0 Å². The van der Waals surface area contributed by atoms with E-state index < -0.39 is 8.32 Å². The molecule has 0 aromatic carbocycles. The van der Waals surface area contributed by atoms with Gasteiger partial charge in [0.25, 0.3) is 0 Å². The Balaban J connectivity index is 1.53. The number of nitrogens with zero attached hydrogens (tertiary/aromatic N) is 6. The van der Waals surface area contributed by atoms with Crippen LogP contribution < -0.4 is 0 Å². The Morgan fingerprint density at radius 1 is 1.14 bits per heavy atom. The molecular weight excluding hydrogens is 496 g/mol. The van der Waals surface area contributed by atoms with E-state index in [1.54, 1.807) is 11.3 Å². The van der Waals surface area contributed by atoms with Gasteiger partial charge < -0.3 is 9.33 Å². The Labute approximate surface area is 219 Å². The number of pyridine rings is 1. The van der Waals surface area contributed by atoms with Crippen LogP contribution in [0, 0.1) is 0 Å². The molecule has 0 saturated carbocycles. The first-order valence-corrected chi connectivity index (χ1v) is 16.6. The predicted octanol–water partition coefficient (Wildman–Crippen LogP) is 5.93. The minimum absolute atomic E-state index is 0.166. The van der Waals surface area contributed by atoms with Crippen molar-refractivity contribution in [3.63, 3.8) is 0 Å². The molecule has 0 N–H and O–H groups in total. The van der Waals surface area contributed by atoms with Gasteiger partial charge in [-0.2, -0.15) is 5.10 Å². The summed E-state index contributed by atoms with van der Waals surface area (Å²) in [4.78, 5) is 15.3. The van der Waals surface area contributed by atoms with Crippen molar-refractivity contribution in [3.05, 3.63) is 28.5 Å². The second-order valence-electron chi connectivity index (χ2n) is 11.3. The van der Waals surface area contributed by atoms with Crippen molar-refractivity contribution >= 4 is 42.2 Å². The van der Waals surface area contributed by atoms with Crippen molar-refractivity contribution in [1.82, 2.24) is 29.5 Å². The smallest absolute Gasteiger partial charge is 0.191 e. The van der Waals surface area contributed by atoms with Gasteiger partial charge in [-0.1, -0.05) is 32.4 Å². The third-order valence-corrected chi connectivity index (χ3v) is 13.2. The quantitative estimate of drug-likeness (QED) is 0.264. The second kappa shape index (κ2) is 10.6. The van der Waals surface area contributed by atoms with Crippen molar-refractivity contribution < 1.29 is 4.43 Å². The molecule has 0 aliphatic carbocycles. The number of halogens is 1. The third-order valence-electron chi connectivity index (χ3n) is 7.51. The summed E-state index contributed by atoms with van der Waals surface area (Å²) in [5.41, 5.74) is 1.88. The number of rotatable bonds is 8. The van der Waals surface area contributed by atoms with Gasteiger partial charge in [0.2, 0.25) is 0 Å². The molecule has 0 bridgehead atoms. The van der Waals surface area contributed by atoms with Crippen molar-refractivity contribution in [2.24, 2.45) is 0 Å². The Kier molecular flexibility index (Phi) is 8.05. The highest BCUT2D eigenvalue weighted by Crippen LogP contribution is 2.37. The van der Waals surface area contributed by atoms with Gasteiger partial charge in [0.1, 0.15) is 15.9 Å². The summed E-state index contributed by atoms with van der Waals surface area (Å²) in [6.45, 7) is 19.7. The lowest BCUT2D eigenvalue weighted by Gasteiger charge is -2.36. The van der Waals surface area contributed by atoms with Gasteiger partial charge in [-0.15, -0.1) is 11.3 Å². The number of hydrogen-bond donors (Lipinski definition) is 0.